The molecule has 6 heteroatoms. The zero-order valence-corrected chi connectivity index (χ0v) is 12.6. The molecule has 2 N–H and O–H groups in total. The van der Waals surface area contributed by atoms with Gasteiger partial charge in [-0.05, 0) is 23.6 Å². The number of anilines is 1. The molecule has 108 valence electrons. The minimum atomic E-state index is -3.64. The van der Waals surface area contributed by atoms with Crippen molar-refractivity contribution in [2.75, 3.05) is 4.72 Å². The van der Waals surface area contributed by atoms with Crippen LogP contribution in [0.4, 0.5) is 5.69 Å². The summed E-state index contributed by atoms with van der Waals surface area (Å²) in [5.74, 6) is 0. The number of hydrogen-bond donors (Lipinski definition) is 2. The summed E-state index contributed by atoms with van der Waals surface area (Å²) in [6.07, 6.45) is 0. The lowest BCUT2D eigenvalue weighted by Crippen LogP contribution is -2.11. The van der Waals surface area contributed by atoms with Crippen LogP contribution in [0.5, 0.6) is 0 Å². The van der Waals surface area contributed by atoms with Gasteiger partial charge in [0.25, 0.3) is 10.0 Å². The topological polar surface area (TPSA) is 66.4 Å². The van der Waals surface area contributed by atoms with Crippen LogP contribution in [0.3, 0.4) is 0 Å². The second kappa shape index (κ2) is 5.48. The van der Waals surface area contributed by atoms with E-state index < -0.39 is 10.0 Å². The van der Waals surface area contributed by atoms with Gasteiger partial charge in [-0.3, -0.25) is 4.72 Å². The van der Waals surface area contributed by atoms with Gasteiger partial charge in [-0.1, -0.05) is 36.4 Å². The molecule has 0 bridgehead atoms. The average Bonchev–Trinajstić information content (AvgIpc) is 2.97. The van der Waals surface area contributed by atoms with Crippen molar-refractivity contribution in [3.8, 4) is 0 Å². The highest BCUT2D eigenvalue weighted by atomic mass is 32.2. The molecule has 4 nitrogen and oxygen atoms in total. The lowest BCUT2D eigenvalue weighted by Gasteiger charge is -2.09. The normalized spacial score (nSPS) is 11.7. The van der Waals surface area contributed by atoms with E-state index >= 15 is 0 Å². The molecule has 0 atom stereocenters. The lowest BCUT2D eigenvalue weighted by atomic mass is 10.1. The van der Waals surface area contributed by atoms with Gasteiger partial charge in [0.2, 0.25) is 0 Å². The Morgan fingerprint density at radius 3 is 2.52 bits per heavy atom. The molecular formula is C15H13NO3S2. The second-order valence-corrected chi connectivity index (χ2v) is 7.59. The molecule has 1 heterocycles. The summed E-state index contributed by atoms with van der Waals surface area (Å²) >= 11 is 1.06. The molecule has 0 aliphatic rings. The van der Waals surface area contributed by atoms with Crippen molar-refractivity contribution in [3.63, 3.8) is 0 Å². The maximum Gasteiger partial charge on any atom is 0.271 e. The van der Waals surface area contributed by atoms with Gasteiger partial charge in [-0.15, -0.1) is 11.3 Å². The largest absolute Gasteiger partial charge is 0.391 e. The number of thiophene rings is 1. The van der Waals surface area contributed by atoms with Gasteiger partial charge in [0.1, 0.15) is 4.21 Å². The fourth-order valence-corrected chi connectivity index (χ4v) is 4.39. The number of nitrogens with one attached hydrogen (secondary N) is 1. The fraction of sp³-hybridized carbons (Fsp3) is 0.0667. The molecule has 3 aromatic rings. The molecule has 0 saturated heterocycles. The van der Waals surface area contributed by atoms with E-state index in [0.29, 0.717) is 10.6 Å². The molecule has 0 radical (unpaired) electrons. The van der Waals surface area contributed by atoms with Crippen LogP contribution in [0, 0.1) is 0 Å². The van der Waals surface area contributed by atoms with Crippen molar-refractivity contribution in [2.45, 2.75) is 10.8 Å². The average molecular weight is 319 g/mol. The summed E-state index contributed by atoms with van der Waals surface area (Å²) in [6.45, 7) is -0.158. The number of sulfonamides is 1. The summed E-state index contributed by atoms with van der Waals surface area (Å²) in [5, 5.41) is 10.9. The minimum absolute atomic E-state index is 0.158. The highest BCUT2D eigenvalue weighted by molar-refractivity contribution is 7.94. The van der Waals surface area contributed by atoms with E-state index in [-0.39, 0.29) is 10.8 Å². The molecule has 0 unspecified atom stereocenters. The van der Waals surface area contributed by atoms with Crippen LogP contribution in [-0.4, -0.2) is 13.5 Å². The Morgan fingerprint density at radius 2 is 1.76 bits per heavy atom. The maximum absolute atomic E-state index is 12.4. The smallest absolute Gasteiger partial charge is 0.271 e. The fourth-order valence-electron chi connectivity index (χ4n) is 2.10. The molecule has 0 saturated carbocycles. The Hall–Kier alpha value is -1.89. The molecular weight excluding hydrogens is 306 g/mol. The molecule has 2 aromatic carbocycles. The maximum atomic E-state index is 12.4. The first-order chi connectivity index (χ1) is 10.1. The van der Waals surface area contributed by atoms with Crippen molar-refractivity contribution >= 4 is 37.8 Å². The minimum Gasteiger partial charge on any atom is -0.391 e. The quantitative estimate of drug-likeness (QED) is 0.776. The molecule has 0 amide bonds. The van der Waals surface area contributed by atoms with Gasteiger partial charge in [0.05, 0.1) is 12.3 Å². The predicted octanol–water partition coefficient (Wildman–Crippen LogP) is 3.19. The van der Waals surface area contributed by atoms with Crippen molar-refractivity contribution < 1.29 is 13.5 Å². The number of aliphatic hydroxyl groups is 1. The summed E-state index contributed by atoms with van der Waals surface area (Å²) in [4.78, 5) is 0.619. The van der Waals surface area contributed by atoms with E-state index in [1.54, 1.807) is 12.1 Å². The highest BCUT2D eigenvalue weighted by Gasteiger charge is 2.17. The predicted molar refractivity (Wildman–Crippen MR) is 85.0 cm³/mol. The molecule has 0 fully saturated rings. The molecule has 0 spiro atoms. The van der Waals surface area contributed by atoms with Crippen LogP contribution in [-0.2, 0) is 16.6 Å². The molecule has 21 heavy (non-hydrogen) atoms. The Balaban J connectivity index is 2.01. The van der Waals surface area contributed by atoms with Crippen molar-refractivity contribution in [1.82, 2.24) is 0 Å². The third-order valence-electron chi connectivity index (χ3n) is 3.09. The first-order valence-corrected chi connectivity index (χ1v) is 8.60. The van der Waals surface area contributed by atoms with Crippen molar-refractivity contribution in [2.24, 2.45) is 0 Å². The van der Waals surface area contributed by atoms with Gasteiger partial charge < -0.3 is 5.11 Å². The summed E-state index contributed by atoms with van der Waals surface area (Å²) in [5.41, 5.74) is 0.548. The van der Waals surface area contributed by atoms with Gasteiger partial charge in [0, 0.05) is 10.3 Å². The van der Waals surface area contributed by atoms with E-state index in [1.807, 2.05) is 36.4 Å². The Bertz CT molecular complexity index is 879. The summed E-state index contributed by atoms with van der Waals surface area (Å²) < 4.78 is 27.6. The monoisotopic (exact) mass is 319 g/mol. The molecule has 0 aliphatic heterocycles. The molecule has 1 aromatic heterocycles. The van der Waals surface area contributed by atoms with Gasteiger partial charge >= 0.3 is 0 Å². The first-order valence-electron chi connectivity index (χ1n) is 6.30. The van der Waals surface area contributed by atoms with Gasteiger partial charge in [-0.2, -0.15) is 0 Å². The van der Waals surface area contributed by atoms with Gasteiger partial charge in [0.15, 0.2) is 0 Å². The van der Waals surface area contributed by atoms with Crippen LogP contribution in [0.2, 0.25) is 0 Å². The van der Waals surface area contributed by atoms with Crippen LogP contribution >= 0.6 is 11.3 Å². The van der Waals surface area contributed by atoms with E-state index in [4.69, 9.17) is 5.11 Å². The Labute approximate surface area is 126 Å². The summed E-state index contributed by atoms with van der Waals surface area (Å²) in [6, 6.07) is 16.2. The SMILES string of the molecule is O=S(=O)(Nc1cccc2ccccc12)c1ccc(CO)s1. The van der Waals surface area contributed by atoms with E-state index in [1.165, 1.54) is 6.07 Å². The standard InChI is InChI=1S/C15H13NO3S2/c17-10-12-8-9-15(20-12)21(18,19)16-14-7-3-5-11-4-1-2-6-13(11)14/h1-9,16-17H,10H2. The summed E-state index contributed by atoms with van der Waals surface area (Å²) in [7, 11) is -3.64. The zero-order chi connectivity index (χ0) is 14.9. The first kappa shape index (κ1) is 14.1. The number of hydrogen-bond acceptors (Lipinski definition) is 4. The van der Waals surface area contributed by atoms with Crippen LogP contribution < -0.4 is 4.72 Å². The number of rotatable bonds is 4. The highest BCUT2D eigenvalue weighted by Crippen LogP contribution is 2.28. The van der Waals surface area contributed by atoms with Crippen LogP contribution in [0.15, 0.2) is 58.8 Å². The van der Waals surface area contributed by atoms with Crippen LogP contribution in [0.1, 0.15) is 4.88 Å². The second-order valence-electron chi connectivity index (χ2n) is 4.51. The van der Waals surface area contributed by atoms with E-state index in [0.717, 1.165) is 22.1 Å². The number of benzene rings is 2. The van der Waals surface area contributed by atoms with Crippen LogP contribution in [0.25, 0.3) is 10.8 Å². The Kier molecular flexibility index (Phi) is 3.67. The van der Waals surface area contributed by atoms with E-state index in [9.17, 15) is 8.42 Å². The van der Waals surface area contributed by atoms with Crippen molar-refractivity contribution in [3.05, 3.63) is 59.5 Å². The molecule has 3 rings (SSSR count). The third kappa shape index (κ3) is 2.78. The number of fused-ring (bicyclic) bond motifs is 1. The number of aliphatic hydroxyl groups excluding tert-OH is 1. The van der Waals surface area contributed by atoms with Crippen molar-refractivity contribution in [1.29, 1.82) is 0 Å². The third-order valence-corrected chi connectivity index (χ3v) is 6.02. The van der Waals surface area contributed by atoms with E-state index in [2.05, 4.69) is 4.72 Å². The van der Waals surface area contributed by atoms with Gasteiger partial charge in [-0.25, -0.2) is 8.42 Å². The zero-order valence-electron chi connectivity index (χ0n) is 11.0. The Morgan fingerprint density at radius 1 is 1.00 bits per heavy atom. The lowest BCUT2D eigenvalue weighted by molar-refractivity contribution is 0.285. The molecule has 0 aliphatic carbocycles.